The Hall–Kier alpha value is -2.60. The van der Waals surface area contributed by atoms with Crippen LogP contribution in [0, 0.1) is 6.92 Å². The summed E-state index contributed by atoms with van der Waals surface area (Å²) in [5.41, 5.74) is 4.44. The molecule has 1 amide bonds. The van der Waals surface area contributed by atoms with E-state index < -0.39 is 0 Å². The highest BCUT2D eigenvalue weighted by molar-refractivity contribution is 8.00. The van der Waals surface area contributed by atoms with Crippen molar-refractivity contribution >= 4 is 23.4 Å². The quantitative estimate of drug-likeness (QED) is 0.643. The number of aromatic nitrogens is 3. The molecule has 4 rings (SSSR count). The number of anilines is 1. The van der Waals surface area contributed by atoms with E-state index in [2.05, 4.69) is 36.2 Å². The third-order valence-corrected chi connectivity index (χ3v) is 6.01. The van der Waals surface area contributed by atoms with Crippen molar-refractivity contribution in [2.45, 2.75) is 43.6 Å². The predicted octanol–water partition coefficient (Wildman–Crippen LogP) is 4.03. The molecule has 5 nitrogen and oxygen atoms in total. The van der Waals surface area contributed by atoms with Crippen molar-refractivity contribution in [2.24, 2.45) is 0 Å². The first-order chi connectivity index (χ1) is 13.1. The highest BCUT2D eigenvalue weighted by Gasteiger charge is 2.33. The van der Waals surface area contributed by atoms with Gasteiger partial charge in [0.05, 0.1) is 10.9 Å². The first-order valence-corrected chi connectivity index (χ1v) is 9.98. The second kappa shape index (κ2) is 7.19. The topological polar surface area (TPSA) is 51.0 Å². The van der Waals surface area contributed by atoms with Crippen LogP contribution < -0.4 is 4.90 Å². The summed E-state index contributed by atoms with van der Waals surface area (Å²) in [5, 5.41) is 8.79. The molecular formula is C21H22N4OS. The number of amides is 1. The maximum Gasteiger partial charge on any atom is 0.240 e. The molecule has 138 valence electrons. The molecule has 0 saturated carbocycles. The zero-order valence-electron chi connectivity index (χ0n) is 15.7. The summed E-state index contributed by atoms with van der Waals surface area (Å²) in [6, 6.07) is 16.4. The number of carbonyl (C=O) groups is 1. The summed E-state index contributed by atoms with van der Waals surface area (Å²) in [4.78, 5) is 15.1. The van der Waals surface area contributed by atoms with Crippen LogP contribution in [0.5, 0.6) is 0 Å². The largest absolute Gasteiger partial charge is 0.308 e. The molecule has 1 aliphatic heterocycles. The van der Waals surface area contributed by atoms with Crippen LogP contribution in [-0.2, 0) is 11.2 Å². The fraction of sp³-hybridized carbons (Fsp3) is 0.286. The number of fused-ring (bicyclic) bond motifs is 1. The molecule has 3 aromatic rings. The van der Waals surface area contributed by atoms with Gasteiger partial charge in [-0.25, -0.2) is 0 Å². The third-order valence-electron chi connectivity index (χ3n) is 4.97. The normalized spacial score (nSPS) is 17.0. The average molecular weight is 379 g/mol. The smallest absolute Gasteiger partial charge is 0.240 e. The van der Waals surface area contributed by atoms with Crippen molar-refractivity contribution in [2.75, 3.05) is 4.90 Å². The van der Waals surface area contributed by atoms with E-state index in [1.54, 1.807) is 6.33 Å². The van der Waals surface area contributed by atoms with Gasteiger partial charge in [0, 0.05) is 11.7 Å². The van der Waals surface area contributed by atoms with Gasteiger partial charge in [-0.3, -0.25) is 9.36 Å². The van der Waals surface area contributed by atoms with Gasteiger partial charge in [0.15, 0.2) is 5.16 Å². The lowest BCUT2D eigenvalue weighted by Crippen LogP contribution is -2.40. The fourth-order valence-corrected chi connectivity index (χ4v) is 4.49. The number of hydrogen-bond donors (Lipinski definition) is 0. The maximum atomic E-state index is 13.2. The van der Waals surface area contributed by atoms with Crippen molar-refractivity contribution < 1.29 is 4.79 Å². The summed E-state index contributed by atoms with van der Waals surface area (Å²) >= 11 is 1.45. The zero-order valence-corrected chi connectivity index (χ0v) is 16.5. The first-order valence-electron chi connectivity index (χ1n) is 9.10. The van der Waals surface area contributed by atoms with Gasteiger partial charge in [-0.15, -0.1) is 10.2 Å². The molecule has 0 unspecified atom stereocenters. The average Bonchev–Trinajstić information content (AvgIpc) is 3.24. The zero-order chi connectivity index (χ0) is 19.0. The predicted molar refractivity (Wildman–Crippen MR) is 109 cm³/mol. The van der Waals surface area contributed by atoms with Gasteiger partial charge in [0.1, 0.15) is 6.33 Å². The molecule has 6 heteroatoms. The van der Waals surface area contributed by atoms with E-state index in [4.69, 9.17) is 0 Å². The minimum absolute atomic E-state index is 0.108. The van der Waals surface area contributed by atoms with Crippen LogP contribution in [0.3, 0.4) is 0 Å². The molecule has 1 aliphatic rings. The lowest BCUT2D eigenvalue weighted by atomic mass is 10.1. The van der Waals surface area contributed by atoms with Crippen LogP contribution in [0.2, 0.25) is 0 Å². The van der Waals surface area contributed by atoms with Crippen molar-refractivity contribution in [1.82, 2.24) is 14.8 Å². The number of aryl methyl sites for hydroxylation is 1. The summed E-state index contributed by atoms with van der Waals surface area (Å²) in [5.74, 6) is 0.108. The van der Waals surface area contributed by atoms with Gasteiger partial charge in [-0.2, -0.15) is 0 Å². The van der Waals surface area contributed by atoms with Crippen LogP contribution in [0.4, 0.5) is 5.69 Å². The van der Waals surface area contributed by atoms with Gasteiger partial charge in [0.2, 0.25) is 5.91 Å². The Labute approximate surface area is 163 Å². The first kappa shape index (κ1) is 17.8. The maximum absolute atomic E-state index is 13.2. The molecule has 27 heavy (non-hydrogen) atoms. The van der Waals surface area contributed by atoms with Crippen LogP contribution >= 0.6 is 11.8 Å². The van der Waals surface area contributed by atoms with Gasteiger partial charge < -0.3 is 4.90 Å². The Morgan fingerprint density at radius 3 is 2.63 bits per heavy atom. The lowest BCUT2D eigenvalue weighted by Gasteiger charge is -2.25. The fourth-order valence-electron chi connectivity index (χ4n) is 3.61. The molecule has 0 saturated heterocycles. The van der Waals surface area contributed by atoms with Crippen molar-refractivity contribution in [1.29, 1.82) is 0 Å². The van der Waals surface area contributed by atoms with Crippen molar-refractivity contribution in [3.8, 4) is 5.69 Å². The second-order valence-corrected chi connectivity index (χ2v) is 8.23. The third kappa shape index (κ3) is 3.25. The van der Waals surface area contributed by atoms with Crippen molar-refractivity contribution in [3.63, 3.8) is 0 Å². The Kier molecular flexibility index (Phi) is 4.74. The van der Waals surface area contributed by atoms with Crippen molar-refractivity contribution in [3.05, 3.63) is 66.0 Å². The Morgan fingerprint density at radius 2 is 1.85 bits per heavy atom. The van der Waals surface area contributed by atoms with Crippen LogP contribution in [-0.4, -0.2) is 32.0 Å². The molecular weight excluding hydrogens is 356 g/mol. The van der Waals surface area contributed by atoms with Crippen LogP contribution in [0.25, 0.3) is 5.69 Å². The van der Waals surface area contributed by atoms with E-state index >= 15 is 0 Å². The van der Waals surface area contributed by atoms with Gasteiger partial charge >= 0.3 is 0 Å². The number of benzene rings is 2. The summed E-state index contributed by atoms with van der Waals surface area (Å²) < 4.78 is 1.95. The van der Waals surface area contributed by atoms with E-state index in [0.717, 1.165) is 28.5 Å². The summed E-state index contributed by atoms with van der Waals surface area (Å²) in [6.45, 7) is 6.10. The number of hydrogen-bond acceptors (Lipinski definition) is 4. The molecule has 2 heterocycles. The van der Waals surface area contributed by atoms with E-state index in [-0.39, 0.29) is 17.2 Å². The lowest BCUT2D eigenvalue weighted by molar-refractivity contribution is -0.118. The number of nitrogens with zero attached hydrogens (tertiary/aromatic N) is 4. The van der Waals surface area contributed by atoms with Crippen LogP contribution in [0.1, 0.15) is 25.0 Å². The number of thioether (sulfide) groups is 1. The van der Waals surface area contributed by atoms with E-state index in [1.165, 1.54) is 17.3 Å². The molecule has 0 radical (unpaired) electrons. The highest BCUT2D eigenvalue weighted by Crippen LogP contribution is 2.35. The SMILES string of the molecule is Cc1ccccc1-n1cnnc1S[C@H](C)C(=O)N1c2ccccc2C[C@H]1C. The van der Waals surface area contributed by atoms with Gasteiger partial charge in [-0.1, -0.05) is 48.2 Å². The molecule has 2 atom stereocenters. The minimum atomic E-state index is -0.259. The van der Waals surface area contributed by atoms with Gasteiger partial charge in [0.25, 0.3) is 0 Å². The molecule has 0 fully saturated rings. The standard InChI is InChI=1S/C21H22N4OS/c1-14-8-4-6-10-18(14)24-13-22-23-21(24)27-16(3)20(26)25-15(2)12-17-9-5-7-11-19(17)25/h4-11,13,15-16H,12H2,1-3H3/t15-,16-/m1/s1. The highest BCUT2D eigenvalue weighted by atomic mass is 32.2. The second-order valence-electron chi connectivity index (χ2n) is 6.92. The van der Waals surface area contributed by atoms with E-state index in [9.17, 15) is 4.79 Å². The summed E-state index contributed by atoms with van der Waals surface area (Å²) in [7, 11) is 0. The minimum Gasteiger partial charge on any atom is -0.308 e. The number of para-hydroxylation sites is 2. The Morgan fingerprint density at radius 1 is 1.15 bits per heavy atom. The Balaban J connectivity index is 1.57. The molecule has 2 aromatic carbocycles. The monoisotopic (exact) mass is 378 g/mol. The van der Waals surface area contributed by atoms with E-state index in [0.29, 0.717) is 0 Å². The Bertz CT molecular complexity index is 984. The number of rotatable bonds is 4. The molecule has 0 aliphatic carbocycles. The molecule has 0 bridgehead atoms. The number of carbonyl (C=O) groups excluding carboxylic acids is 1. The summed E-state index contributed by atoms with van der Waals surface area (Å²) in [6.07, 6.45) is 2.61. The molecule has 1 aromatic heterocycles. The molecule has 0 spiro atoms. The van der Waals surface area contributed by atoms with Gasteiger partial charge in [-0.05, 0) is 50.5 Å². The van der Waals surface area contributed by atoms with E-state index in [1.807, 2.05) is 52.8 Å². The molecule has 0 N–H and O–H groups in total. The van der Waals surface area contributed by atoms with Crippen LogP contribution in [0.15, 0.2) is 60.0 Å².